The number of esters is 1. The number of aliphatic hydroxyl groups is 1. The highest BCUT2D eigenvalue weighted by Gasteiger charge is 2.32. The number of methoxy groups -OCH3 is 1. The van der Waals surface area contributed by atoms with Crippen molar-refractivity contribution in [1.29, 1.82) is 0 Å². The van der Waals surface area contributed by atoms with E-state index in [1.165, 1.54) is 18.2 Å². The molecule has 2 rings (SSSR count). The van der Waals surface area contributed by atoms with Crippen LogP contribution in [0.5, 0.6) is 0 Å². The number of ether oxygens (including phenoxy) is 1. The molecule has 0 aliphatic rings. The van der Waals surface area contributed by atoms with E-state index >= 15 is 0 Å². The summed E-state index contributed by atoms with van der Waals surface area (Å²) in [6.07, 6.45) is -1.57. The van der Waals surface area contributed by atoms with Gasteiger partial charge in [-0.25, -0.2) is 9.18 Å². The van der Waals surface area contributed by atoms with Crippen molar-refractivity contribution in [3.8, 4) is 0 Å². The fourth-order valence-electron chi connectivity index (χ4n) is 2.10. The minimum absolute atomic E-state index is 0.101. The first-order valence-corrected chi connectivity index (χ1v) is 6.91. The van der Waals surface area contributed by atoms with Gasteiger partial charge in [-0.2, -0.15) is 0 Å². The maximum absolute atomic E-state index is 13.8. The number of aliphatic hydroxyl groups excluding tert-OH is 1. The van der Waals surface area contributed by atoms with Crippen LogP contribution in [0.4, 0.5) is 4.39 Å². The van der Waals surface area contributed by atoms with E-state index in [0.717, 1.165) is 13.2 Å². The van der Waals surface area contributed by atoms with Crippen molar-refractivity contribution < 1.29 is 23.8 Å². The summed E-state index contributed by atoms with van der Waals surface area (Å²) >= 11 is 0. The van der Waals surface area contributed by atoms with E-state index in [-0.39, 0.29) is 5.56 Å². The Balaban J connectivity index is 2.26. The van der Waals surface area contributed by atoms with Crippen LogP contribution in [0.1, 0.15) is 22.0 Å². The highest BCUT2D eigenvalue weighted by molar-refractivity contribution is 5.96. The van der Waals surface area contributed by atoms with E-state index in [4.69, 9.17) is 0 Å². The third kappa shape index (κ3) is 3.92. The molecule has 120 valence electrons. The van der Waals surface area contributed by atoms with Crippen molar-refractivity contribution in [2.45, 2.75) is 12.1 Å². The van der Waals surface area contributed by atoms with Crippen LogP contribution in [0.3, 0.4) is 0 Å². The highest BCUT2D eigenvalue weighted by atomic mass is 19.1. The summed E-state index contributed by atoms with van der Waals surface area (Å²) in [7, 11) is 1.12. The molecule has 0 radical (unpaired) electrons. The van der Waals surface area contributed by atoms with E-state index < -0.39 is 29.8 Å². The van der Waals surface area contributed by atoms with Crippen molar-refractivity contribution in [1.82, 2.24) is 5.32 Å². The molecule has 5 nitrogen and oxygen atoms in total. The van der Waals surface area contributed by atoms with Crippen LogP contribution in [0.15, 0.2) is 54.6 Å². The Hall–Kier alpha value is -2.73. The van der Waals surface area contributed by atoms with Crippen molar-refractivity contribution in [3.63, 3.8) is 0 Å². The number of hydrogen-bond donors (Lipinski definition) is 2. The second kappa shape index (κ2) is 7.51. The van der Waals surface area contributed by atoms with Gasteiger partial charge in [-0.15, -0.1) is 0 Å². The van der Waals surface area contributed by atoms with Crippen LogP contribution in [0.2, 0.25) is 0 Å². The first-order valence-electron chi connectivity index (χ1n) is 6.91. The van der Waals surface area contributed by atoms with Crippen molar-refractivity contribution in [2.75, 3.05) is 7.11 Å². The minimum atomic E-state index is -1.57. The Kier molecular flexibility index (Phi) is 5.43. The maximum Gasteiger partial charge on any atom is 0.331 e. The summed E-state index contributed by atoms with van der Waals surface area (Å²) < 4.78 is 18.4. The van der Waals surface area contributed by atoms with Gasteiger partial charge in [0.25, 0.3) is 5.91 Å². The molecular weight excluding hydrogens is 301 g/mol. The number of benzene rings is 2. The molecule has 0 heterocycles. The van der Waals surface area contributed by atoms with E-state index in [1.807, 2.05) is 0 Å². The first kappa shape index (κ1) is 16.6. The van der Waals surface area contributed by atoms with Crippen LogP contribution in [-0.4, -0.2) is 30.1 Å². The topological polar surface area (TPSA) is 75.6 Å². The number of hydrogen-bond acceptors (Lipinski definition) is 4. The Morgan fingerprint density at radius 2 is 1.70 bits per heavy atom. The van der Waals surface area contributed by atoms with Crippen LogP contribution in [0.25, 0.3) is 0 Å². The van der Waals surface area contributed by atoms with Gasteiger partial charge >= 0.3 is 5.97 Å². The van der Waals surface area contributed by atoms with E-state index in [9.17, 15) is 19.1 Å². The number of halogens is 1. The van der Waals surface area contributed by atoms with E-state index in [1.54, 1.807) is 30.3 Å². The molecule has 0 aromatic heterocycles. The van der Waals surface area contributed by atoms with Gasteiger partial charge in [0, 0.05) is 11.1 Å². The Labute approximate surface area is 132 Å². The zero-order valence-corrected chi connectivity index (χ0v) is 12.4. The third-order valence-corrected chi connectivity index (χ3v) is 3.32. The predicted octanol–water partition coefficient (Wildman–Crippen LogP) is 1.83. The molecule has 1 amide bonds. The fourth-order valence-corrected chi connectivity index (χ4v) is 2.10. The predicted molar refractivity (Wildman–Crippen MR) is 81.1 cm³/mol. The number of amides is 1. The number of carbonyl (C=O) groups excluding carboxylic acids is 2. The van der Waals surface area contributed by atoms with Gasteiger partial charge in [-0.05, 0) is 18.2 Å². The Morgan fingerprint density at radius 3 is 2.30 bits per heavy atom. The summed E-state index contributed by atoms with van der Waals surface area (Å²) in [4.78, 5) is 24.1. The van der Waals surface area contributed by atoms with E-state index in [0.29, 0.717) is 5.56 Å². The SMILES string of the molecule is COC(=O)C(NC(=O)c1ccccc1)C(O)c1ccccc1F. The van der Waals surface area contributed by atoms with Crippen LogP contribution in [-0.2, 0) is 9.53 Å². The molecule has 23 heavy (non-hydrogen) atoms. The zero-order valence-electron chi connectivity index (χ0n) is 12.4. The number of carbonyl (C=O) groups is 2. The number of rotatable bonds is 5. The molecule has 2 aromatic rings. The fraction of sp³-hybridized carbons (Fsp3) is 0.176. The monoisotopic (exact) mass is 317 g/mol. The Morgan fingerprint density at radius 1 is 1.09 bits per heavy atom. The van der Waals surface area contributed by atoms with Crippen molar-refractivity contribution in [3.05, 3.63) is 71.5 Å². The molecule has 2 aromatic carbocycles. The van der Waals surface area contributed by atoms with Crippen LogP contribution in [0, 0.1) is 5.82 Å². The molecule has 0 saturated carbocycles. The molecular formula is C17H16FNO4. The average Bonchev–Trinajstić information content (AvgIpc) is 2.59. The molecule has 0 saturated heterocycles. The standard InChI is InChI=1S/C17H16FNO4/c1-23-17(22)14(15(20)12-9-5-6-10-13(12)18)19-16(21)11-7-3-2-4-8-11/h2-10,14-15,20H,1H3,(H,19,21). The molecule has 0 fully saturated rings. The third-order valence-electron chi connectivity index (χ3n) is 3.32. The Bertz CT molecular complexity index is 690. The molecule has 0 aliphatic carbocycles. The lowest BCUT2D eigenvalue weighted by Crippen LogP contribution is -2.45. The highest BCUT2D eigenvalue weighted by Crippen LogP contribution is 2.21. The van der Waals surface area contributed by atoms with Gasteiger partial charge in [0.2, 0.25) is 0 Å². The van der Waals surface area contributed by atoms with Crippen LogP contribution >= 0.6 is 0 Å². The molecule has 6 heteroatoms. The molecule has 0 bridgehead atoms. The van der Waals surface area contributed by atoms with Gasteiger partial charge < -0.3 is 15.2 Å². The summed E-state index contributed by atoms with van der Waals surface area (Å²) in [6.45, 7) is 0. The summed E-state index contributed by atoms with van der Waals surface area (Å²) in [5.41, 5.74) is 0.207. The second-order valence-corrected chi connectivity index (χ2v) is 4.81. The molecule has 2 unspecified atom stereocenters. The first-order chi connectivity index (χ1) is 11.0. The molecule has 0 aliphatic heterocycles. The summed E-state index contributed by atoms with van der Waals surface area (Å²) in [6, 6.07) is 12.2. The normalized spacial score (nSPS) is 13.0. The van der Waals surface area contributed by atoms with Gasteiger partial charge in [-0.1, -0.05) is 36.4 Å². The number of nitrogens with one attached hydrogen (secondary N) is 1. The largest absolute Gasteiger partial charge is 0.467 e. The smallest absolute Gasteiger partial charge is 0.331 e. The quantitative estimate of drug-likeness (QED) is 0.825. The zero-order chi connectivity index (χ0) is 16.8. The van der Waals surface area contributed by atoms with Crippen LogP contribution < -0.4 is 5.32 Å². The van der Waals surface area contributed by atoms with Crippen molar-refractivity contribution in [2.24, 2.45) is 0 Å². The molecule has 2 N–H and O–H groups in total. The van der Waals surface area contributed by atoms with E-state index in [2.05, 4.69) is 10.1 Å². The lowest BCUT2D eigenvalue weighted by Gasteiger charge is -2.22. The molecule has 0 spiro atoms. The average molecular weight is 317 g/mol. The maximum atomic E-state index is 13.8. The van der Waals surface area contributed by atoms with Gasteiger partial charge in [-0.3, -0.25) is 4.79 Å². The summed E-state index contributed by atoms with van der Waals surface area (Å²) in [5.74, 6) is -2.12. The second-order valence-electron chi connectivity index (χ2n) is 4.81. The summed E-state index contributed by atoms with van der Waals surface area (Å²) in [5, 5.41) is 12.7. The van der Waals surface area contributed by atoms with Gasteiger partial charge in [0.1, 0.15) is 11.9 Å². The lowest BCUT2D eigenvalue weighted by molar-refractivity contribution is -0.146. The van der Waals surface area contributed by atoms with Gasteiger partial charge in [0.15, 0.2) is 6.04 Å². The molecule has 2 atom stereocenters. The lowest BCUT2D eigenvalue weighted by atomic mass is 10.0. The minimum Gasteiger partial charge on any atom is -0.467 e. The van der Waals surface area contributed by atoms with Crippen molar-refractivity contribution >= 4 is 11.9 Å². The van der Waals surface area contributed by atoms with Gasteiger partial charge in [0.05, 0.1) is 7.11 Å².